The summed E-state index contributed by atoms with van der Waals surface area (Å²) in [6.45, 7) is 1.27. The van der Waals surface area contributed by atoms with Crippen LogP contribution < -0.4 is 10.1 Å². The van der Waals surface area contributed by atoms with E-state index in [1.165, 1.54) is 6.20 Å². The molecule has 0 radical (unpaired) electrons. The van der Waals surface area contributed by atoms with Crippen LogP contribution in [-0.4, -0.2) is 39.7 Å². The second kappa shape index (κ2) is 9.03. The third-order valence-corrected chi connectivity index (χ3v) is 5.25. The first-order chi connectivity index (χ1) is 14.9. The highest BCUT2D eigenvalue weighted by molar-refractivity contribution is 5.92. The summed E-state index contributed by atoms with van der Waals surface area (Å²) in [4.78, 5) is 37.4. The Hall–Kier alpha value is -2.97. The van der Waals surface area contributed by atoms with E-state index in [1.54, 1.807) is 13.0 Å². The van der Waals surface area contributed by atoms with Crippen molar-refractivity contribution in [2.45, 2.75) is 57.9 Å². The van der Waals surface area contributed by atoms with Crippen molar-refractivity contribution in [2.75, 3.05) is 6.61 Å². The summed E-state index contributed by atoms with van der Waals surface area (Å²) in [6.07, 6.45) is 2.85. The summed E-state index contributed by atoms with van der Waals surface area (Å²) < 4.78 is 30.1. The minimum Gasteiger partial charge on any atom is -0.471 e. The number of nitrogens with zero attached hydrogens (tertiary/aromatic N) is 3. The molecule has 2 aliphatic rings. The van der Waals surface area contributed by atoms with Crippen LogP contribution in [0.1, 0.15) is 64.7 Å². The normalized spacial score (nSPS) is 15.7. The van der Waals surface area contributed by atoms with Crippen LogP contribution >= 0.6 is 0 Å². The first-order valence-corrected chi connectivity index (χ1v) is 10.4. The Morgan fingerprint density at radius 3 is 2.65 bits per heavy atom. The topological polar surface area (TPSA) is 94.1 Å². The van der Waals surface area contributed by atoms with Gasteiger partial charge >= 0.3 is 0 Å². The van der Waals surface area contributed by atoms with Crippen molar-refractivity contribution >= 4 is 11.7 Å². The summed E-state index contributed by atoms with van der Waals surface area (Å²) in [5.41, 5.74) is 2.37. The predicted octanol–water partition coefficient (Wildman–Crippen LogP) is 3.15. The second-order valence-corrected chi connectivity index (χ2v) is 8.13. The van der Waals surface area contributed by atoms with Crippen LogP contribution in [0.15, 0.2) is 18.3 Å². The smallest absolute Gasteiger partial charge is 0.272 e. The van der Waals surface area contributed by atoms with Crippen molar-refractivity contribution < 1.29 is 23.1 Å². The lowest BCUT2D eigenvalue weighted by Crippen LogP contribution is -2.25. The molecule has 0 saturated heterocycles. The zero-order valence-electron chi connectivity index (χ0n) is 17.2. The Morgan fingerprint density at radius 1 is 1.19 bits per heavy atom. The molecule has 31 heavy (non-hydrogen) atoms. The number of rotatable bonds is 10. The van der Waals surface area contributed by atoms with Gasteiger partial charge in [-0.1, -0.05) is 0 Å². The number of halogens is 2. The van der Waals surface area contributed by atoms with Crippen LogP contribution in [-0.2, 0) is 17.8 Å². The van der Waals surface area contributed by atoms with Gasteiger partial charge in [-0.3, -0.25) is 9.59 Å². The van der Waals surface area contributed by atoms with Gasteiger partial charge in [0, 0.05) is 29.9 Å². The third kappa shape index (κ3) is 5.80. The standard InChI is InChI=1S/C22H24F2N4O3/c1-12-6-17(28-20(27-12)8-18(29)15-4-5-15)21(30)25-9-13-7-16(14-2-3-14)22(26-10-13)31-11-19(23)24/h6-7,10,14-15,19H,2-5,8-9,11H2,1H3,(H,25,30). The highest BCUT2D eigenvalue weighted by Gasteiger charge is 2.30. The first kappa shape index (κ1) is 21.3. The number of nitrogens with one attached hydrogen (secondary N) is 1. The molecule has 1 amide bonds. The van der Waals surface area contributed by atoms with E-state index < -0.39 is 13.0 Å². The molecule has 2 heterocycles. The molecule has 2 saturated carbocycles. The maximum atomic E-state index is 12.6. The molecule has 1 N–H and O–H groups in total. The van der Waals surface area contributed by atoms with Gasteiger partial charge in [0.05, 0.1) is 6.42 Å². The molecule has 0 aromatic carbocycles. The van der Waals surface area contributed by atoms with Crippen molar-refractivity contribution in [3.63, 3.8) is 0 Å². The number of ether oxygens (including phenoxy) is 1. The molecular formula is C22H24F2N4O3. The lowest BCUT2D eigenvalue weighted by Gasteiger charge is -2.12. The molecule has 9 heteroatoms. The van der Waals surface area contributed by atoms with Crippen molar-refractivity contribution in [3.8, 4) is 5.88 Å². The van der Waals surface area contributed by atoms with Crippen molar-refractivity contribution in [2.24, 2.45) is 5.92 Å². The van der Waals surface area contributed by atoms with Gasteiger partial charge in [0.15, 0.2) is 6.61 Å². The number of aryl methyl sites for hydroxylation is 1. The fraction of sp³-hybridized carbons (Fsp3) is 0.500. The van der Waals surface area contributed by atoms with Crippen molar-refractivity contribution in [1.82, 2.24) is 20.3 Å². The molecule has 0 unspecified atom stereocenters. The monoisotopic (exact) mass is 430 g/mol. The number of ketones is 1. The molecule has 2 aliphatic carbocycles. The van der Waals surface area contributed by atoms with E-state index >= 15 is 0 Å². The summed E-state index contributed by atoms with van der Waals surface area (Å²) in [5.74, 6) is 0.699. The minimum atomic E-state index is -2.56. The van der Waals surface area contributed by atoms with Gasteiger partial charge in [-0.05, 0) is 56.2 Å². The van der Waals surface area contributed by atoms with Gasteiger partial charge in [-0.25, -0.2) is 23.7 Å². The lowest BCUT2D eigenvalue weighted by atomic mass is 10.1. The van der Waals surface area contributed by atoms with Crippen LogP contribution in [0, 0.1) is 12.8 Å². The van der Waals surface area contributed by atoms with Gasteiger partial charge in [-0.15, -0.1) is 0 Å². The quantitative estimate of drug-likeness (QED) is 0.622. The Kier molecular flexibility index (Phi) is 6.20. The fourth-order valence-electron chi connectivity index (χ4n) is 3.36. The maximum Gasteiger partial charge on any atom is 0.272 e. The van der Waals surface area contributed by atoms with E-state index in [-0.39, 0.29) is 48.1 Å². The van der Waals surface area contributed by atoms with Crippen LogP contribution in [0.4, 0.5) is 8.78 Å². The van der Waals surface area contributed by atoms with Gasteiger partial charge in [-0.2, -0.15) is 0 Å². The molecule has 2 aromatic rings. The van der Waals surface area contributed by atoms with E-state index in [9.17, 15) is 18.4 Å². The third-order valence-electron chi connectivity index (χ3n) is 5.25. The Labute approximate surface area is 178 Å². The second-order valence-electron chi connectivity index (χ2n) is 8.13. The SMILES string of the molecule is Cc1cc(C(=O)NCc2cnc(OCC(F)F)c(C3CC3)c2)nc(CC(=O)C2CC2)n1. The van der Waals surface area contributed by atoms with Gasteiger partial charge < -0.3 is 10.1 Å². The number of hydrogen-bond acceptors (Lipinski definition) is 6. The summed E-state index contributed by atoms with van der Waals surface area (Å²) in [6, 6.07) is 3.42. The summed E-state index contributed by atoms with van der Waals surface area (Å²) in [7, 11) is 0. The van der Waals surface area contributed by atoms with Crippen LogP contribution in [0.25, 0.3) is 0 Å². The molecule has 0 atom stereocenters. The number of carbonyl (C=O) groups is 2. The van der Waals surface area contributed by atoms with E-state index in [0.29, 0.717) is 11.5 Å². The molecule has 2 aromatic heterocycles. The highest BCUT2D eigenvalue weighted by atomic mass is 19.3. The zero-order chi connectivity index (χ0) is 22.0. The van der Waals surface area contributed by atoms with Gasteiger partial charge in [0.2, 0.25) is 5.88 Å². The predicted molar refractivity (Wildman–Crippen MR) is 107 cm³/mol. The number of pyridine rings is 1. The molecular weight excluding hydrogens is 406 g/mol. The molecule has 4 rings (SSSR count). The zero-order valence-corrected chi connectivity index (χ0v) is 17.2. The average Bonchev–Trinajstić information content (AvgIpc) is 3.63. The molecule has 164 valence electrons. The highest BCUT2D eigenvalue weighted by Crippen LogP contribution is 2.43. The van der Waals surface area contributed by atoms with Crippen LogP contribution in [0.2, 0.25) is 0 Å². The summed E-state index contributed by atoms with van der Waals surface area (Å²) in [5, 5.41) is 2.80. The maximum absolute atomic E-state index is 12.6. The Bertz CT molecular complexity index is 991. The number of hydrogen-bond donors (Lipinski definition) is 1. The summed E-state index contributed by atoms with van der Waals surface area (Å²) >= 11 is 0. The van der Waals surface area contributed by atoms with Crippen LogP contribution in [0.5, 0.6) is 5.88 Å². The van der Waals surface area contributed by atoms with E-state index in [4.69, 9.17) is 4.74 Å². The molecule has 0 aliphatic heterocycles. The first-order valence-electron chi connectivity index (χ1n) is 10.4. The molecule has 7 nitrogen and oxygen atoms in total. The fourth-order valence-corrected chi connectivity index (χ4v) is 3.36. The van der Waals surface area contributed by atoms with E-state index in [1.807, 2.05) is 6.07 Å². The van der Waals surface area contributed by atoms with E-state index in [0.717, 1.165) is 36.8 Å². The minimum absolute atomic E-state index is 0.113. The molecule has 0 bridgehead atoms. The molecule has 2 fully saturated rings. The number of Topliss-reactive ketones (excluding diaryl/α,β-unsaturated/α-hetero) is 1. The van der Waals surface area contributed by atoms with Gasteiger partial charge in [0.1, 0.15) is 17.3 Å². The number of alkyl halides is 2. The van der Waals surface area contributed by atoms with E-state index in [2.05, 4.69) is 20.3 Å². The van der Waals surface area contributed by atoms with Crippen molar-refractivity contribution in [1.29, 1.82) is 0 Å². The van der Waals surface area contributed by atoms with Gasteiger partial charge in [0.25, 0.3) is 12.3 Å². The Balaban J connectivity index is 1.40. The lowest BCUT2D eigenvalue weighted by molar-refractivity contribution is -0.119. The number of aromatic nitrogens is 3. The van der Waals surface area contributed by atoms with Crippen LogP contribution in [0.3, 0.4) is 0 Å². The largest absolute Gasteiger partial charge is 0.471 e. The molecule has 0 spiro atoms. The number of carbonyl (C=O) groups excluding carboxylic acids is 2. The van der Waals surface area contributed by atoms with Crippen molar-refractivity contribution in [3.05, 3.63) is 46.7 Å². The average molecular weight is 430 g/mol. The number of amides is 1. The Morgan fingerprint density at radius 2 is 1.97 bits per heavy atom.